The quantitative estimate of drug-likeness (QED) is 0.547. The highest BCUT2D eigenvalue weighted by Gasteiger charge is 2.24. The van der Waals surface area contributed by atoms with Crippen LogP contribution in [0.25, 0.3) is 10.9 Å². The molecule has 1 atom stereocenters. The van der Waals surface area contributed by atoms with Gasteiger partial charge in [-0.2, -0.15) is 0 Å². The summed E-state index contributed by atoms with van der Waals surface area (Å²) in [4.78, 5) is 30.5. The Balaban J connectivity index is 1.58. The Morgan fingerprint density at radius 3 is 2.61 bits per heavy atom. The van der Waals surface area contributed by atoms with E-state index in [0.717, 1.165) is 23.8 Å². The lowest BCUT2D eigenvalue weighted by Gasteiger charge is -2.26. The average molecular weight is 452 g/mol. The van der Waals surface area contributed by atoms with Gasteiger partial charge in [-0.1, -0.05) is 30.3 Å². The summed E-state index contributed by atoms with van der Waals surface area (Å²) in [6.07, 6.45) is 1.84. The summed E-state index contributed by atoms with van der Waals surface area (Å²) in [6, 6.07) is 14.8. The molecule has 8 nitrogen and oxygen atoms in total. The van der Waals surface area contributed by atoms with Gasteiger partial charge in [0.25, 0.3) is 5.56 Å². The van der Waals surface area contributed by atoms with Crippen LogP contribution in [0.1, 0.15) is 24.0 Å². The number of carbonyl (C=O) groups is 1. The lowest BCUT2D eigenvalue weighted by molar-refractivity contribution is 0.0793. The minimum absolute atomic E-state index is 0.0311. The van der Waals surface area contributed by atoms with E-state index in [1.54, 1.807) is 31.3 Å². The topological polar surface area (TPSA) is 92.9 Å². The van der Waals surface area contributed by atoms with Crippen LogP contribution in [0, 0.1) is 0 Å². The second-order valence-electron chi connectivity index (χ2n) is 8.08. The molecule has 1 aliphatic heterocycles. The van der Waals surface area contributed by atoms with Crippen molar-refractivity contribution in [2.75, 3.05) is 27.4 Å². The number of rotatable bonds is 8. The Bertz CT molecular complexity index is 1160. The molecule has 2 N–H and O–H groups in total. The number of pyridine rings is 1. The zero-order valence-electron chi connectivity index (χ0n) is 18.9. The van der Waals surface area contributed by atoms with Crippen LogP contribution in [-0.2, 0) is 17.8 Å². The van der Waals surface area contributed by atoms with Gasteiger partial charge in [-0.3, -0.25) is 4.79 Å². The van der Waals surface area contributed by atoms with Crippen molar-refractivity contribution in [1.82, 2.24) is 15.2 Å². The van der Waals surface area contributed by atoms with Crippen LogP contribution in [0.3, 0.4) is 0 Å². The van der Waals surface area contributed by atoms with E-state index < -0.39 is 0 Å². The normalized spacial score (nSPS) is 15.4. The molecule has 0 unspecified atom stereocenters. The molecular weight excluding hydrogens is 422 g/mol. The molecule has 0 saturated carbocycles. The average Bonchev–Trinajstić information content (AvgIpc) is 3.35. The number of aromatic amines is 1. The van der Waals surface area contributed by atoms with Crippen molar-refractivity contribution in [3.63, 3.8) is 0 Å². The first-order valence-electron chi connectivity index (χ1n) is 11.0. The number of urea groups is 1. The highest BCUT2D eigenvalue weighted by atomic mass is 16.5. The van der Waals surface area contributed by atoms with E-state index in [2.05, 4.69) is 10.3 Å². The van der Waals surface area contributed by atoms with Gasteiger partial charge in [-0.15, -0.1) is 0 Å². The molecule has 0 bridgehead atoms. The summed E-state index contributed by atoms with van der Waals surface area (Å²) < 4.78 is 16.5. The third-order valence-corrected chi connectivity index (χ3v) is 5.81. The molecule has 1 aromatic heterocycles. The predicted molar refractivity (Wildman–Crippen MR) is 126 cm³/mol. The lowest BCUT2D eigenvalue weighted by Crippen LogP contribution is -2.43. The van der Waals surface area contributed by atoms with Crippen LogP contribution >= 0.6 is 0 Å². The monoisotopic (exact) mass is 451 g/mol. The maximum atomic E-state index is 13.1. The van der Waals surface area contributed by atoms with Gasteiger partial charge < -0.3 is 29.4 Å². The van der Waals surface area contributed by atoms with Gasteiger partial charge in [-0.05, 0) is 30.5 Å². The summed E-state index contributed by atoms with van der Waals surface area (Å²) in [5.41, 5.74) is 1.89. The molecule has 0 spiro atoms. The Hall–Kier alpha value is -3.52. The third kappa shape index (κ3) is 5.46. The van der Waals surface area contributed by atoms with Crippen LogP contribution in [0.5, 0.6) is 11.5 Å². The first kappa shape index (κ1) is 22.7. The zero-order valence-corrected chi connectivity index (χ0v) is 18.9. The molecule has 33 heavy (non-hydrogen) atoms. The fourth-order valence-corrected chi connectivity index (χ4v) is 4.04. The Kier molecular flexibility index (Phi) is 7.14. The number of ether oxygens (including phenoxy) is 3. The van der Waals surface area contributed by atoms with Crippen molar-refractivity contribution < 1.29 is 19.0 Å². The van der Waals surface area contributed by atoms with Gasteiger partial charge in [0.2, 0.25) is 0 Å². The van der Waals surface area contributed by atoms with E-state index in [1.807, 2.05) is 36.4 Å². The fourth-order valence-electron chi connectivity index (χ4n) is 4.04. The van der Waals surface area contributed by atoms with Crippen LogP contribution < -0.4 is 20.3 Å². The number of methoxy groups -OCH3 is 2. The van der Waals surface area contributed by atoms with Gasteiger partial charge in [0.05, 0.1) is 32.4 Å². The number of amides is 2. The Morgan fingerprint density at radius 1 is 1.15 bits per heavy atom. The maximum Gasteiger partial charge on any atom is 0.318 e. The second-order valence-corrected chi connectivity index (χ2v) is 8.08. The molecule has 2 heterocycles. The summed E-state index contributed by atoms with van der Waals surface area (Å²) >= 11 is 0. The number of hydrogen-bond donors (Lipinski definition) is 2. The van der Waals surface area contributed by atoms with E-state index in [1.165, 1.54) is 0 Å². The molecule has 4 rings (SSSR count). The van der Waals surface area contributed by atoms with Crippen molar-refractivity contribution in [1.29, 1.82) is 0 Å². The number of carbonyl (C=O) groups excluding carboxylic acids is 1. The van der Waals surface area contributed by atoms with Crippen LogP contribution in [0.2, 0.25) is 0 Å². The minimum atomic E-state index is -0.247. The van der Waals surface area contributed by atoms with Gasteiger partial charge in [0.1, 0.15) is 0 Å². The van der Waals surface area contributed by atoms with E-state index in [9.17, 15) is 9.59 Å². The van der Waals surface area contributed by atoms with Crippen LogP contribution in [-0.4, -0.2) is 49.4 Å². The first-order chi connectivity index (χ1) is 16.1. The highest BCUT2D eigenvalue weighted by Crippen LogP contribution is 2.31. The summed E-state index contributed by atoms with van der Waals surface area (Å²) in [6.45, 7) is 1.69. The number of H-pyrrole nitrogens is 1. The summed E-state index contributed by atoms with van der Waals surface area (Å²) in [5, 5.41) is 3.76. The lowest BCUT2D eigenvalue weighted by atomic mass is 10.1. The number of hydrogen-bond acceptors (Lipinski definition) is 5. The number of aromatic nitrogens is 1. The zero-order chi connectivity index (χ0) is 23.2. The van der Waals surface area contributed by atoms with E-state index in [-0.39, 0.29) is 24.2 Å². The molecule has 3 aromatic rings. The van der Waals surface area contributed by atoms with Crippen LogP contribution in [0.15, 0.2) is 53.3 Å². The number of nitrogens with one attached hydrogen (secondary N) is 2. The molecule has 8 heteroatoms. The molecule has 0 radical (unpaired) electrons. The van der Waals surface area contributed by atoms with E-state index >= 15 is 0 Å². The third-order valence-electron chi connectivity index (χ3n) is 5.81. The van der Waals surface area contributed by atoms with Crippen molar-refractivity contribution in [3.05, 3.63) is 70.0 Å². The van der Waals surface area contributed by atoms with Crippen LogP contribution in [0.4, 0.5) is 4.79 Å². The van der Waals surface area contributed by atoms with Crippen molar-refractivity contribution in [2.45, 2.75) is 32.0 Å². The SMILES string of the molecule is COc1cc2cc(CN(C[C@H]3CCCO3)C(=O)NCc3ccccc3)c(=O)[nH]c2cc1OC. The largest absolute Gasteiger partial charge is 0.493 e. The van der Waals surface area contributed by atoms with Gasteiger partial charge in [-0.25, -0.2) is 4.79 Å². The smallest absolute Gasteiger partial charge is 0.318 e. The summed E-state index contributed by atoms with van der Waals surface area (Å²) in [7, 11) is 3.11. The number of fused-ring (bicyclic) bond motifs is 1. The van der Waals surface area contributed by atoms with Crippen molar-refractivity contribution >= 4 is 16.9 Å². The van der Waals surface area contributed by atoms with Crippen molar-refractivity contribution in [3.8, 4) is 11.5 Å². The van der Waals surface area contributed by atoms with Crippen molar-refractivity contribution in [2.24, 2.45) is 0 Å². The summed E-state index contributed by atoms with van der Waals surface area (Å²) in [5.74, 6) is 1.11. The molecule has 1 aliphatic rings. The molecule has 1 fully saturated rings. The minimum Gasteiger partial charge on any atom is -0.493 e. The molecule has 0 aliphatic carbocycles. The molecule has 2 aromatic carbocycles. The molecular formula is C25H29N3O5. The predicted octanol–water partition coefficient (Wildman–Crippen LogP) is 3.44. The number of benzene rings is 2. The van der Waals surface area contributed by atoms with Gasteiger partial charge >= 0.3 is 6.03 Å². The van der Waals surface area contributed by atoms with Gasteiger partial charge in [0.15, 0.2) is 11.5 Å². The fraction of sp³-hybridized carbons (Fsp3) is 0.360. The molecule has 2 amide bonds. The standard InChI is InChI=1S/C25H29N3O5/c1-31-22-12-18-11-19(24(29)27-21(18)13-23(22)32-2)15-28(16-20-9-6-10-33-20)25(30)26-14-17-7-4-3-5-8-17/h3-5,7-8,11-13,20H,6,9-10,14-16H2,1-2H3,(H,26,30)(H,27,29)/t20-/m1/s1. The first-order valence-corrected chi connectivity index (χ1v) is 11.0. The highest BCUT2D eigenvalue weighted by molar-refractivity contribution is 5.83. The molecule has 1 saturated heterocycles. The maximum absolute atomic E-state index is 13.1. The van der Waals surface area contributed by atoms with Gasteiger partial charge in [0, 0.05) is 36.7 Å². The number of nitrogens with zero attached hydrogens (tertiary/aromatic N) is 1. The van der Waals surface area contributed by atoms with E-state index in [4.69, 9.17) is 14.2 Å². The Morgan fingerprint density at radius 2 is 1.91 bits per heavy atom. The Labute approximate surface area is 192 Å². The van der Waals surface area contributed by atoms with E-state index in [0.29, 0.717) is 42.3 Å². The second kappa shape index (κ2) is 10.4. The molecule has 174 valence electrons.